The predicted octanol–water partition coefficient (Wildman–Crippen LogP) is 0.845. The molecule has 0 amide bonds. The van der Waals surface area contributed by atoms with Gasteiger partial charge in [-0.1, -0.05) is 0 Å². The zero-order chi connectivity index (χ0) is 11.8. The molecule has 0 atom stereocenters. The van der Waals surface area contributed by atoms with Crippen LogP contribution in [0.4, 0.5) is 13.2 Å². The second-order valence-electron chi connectivity index (χ2n) is 3.09. The first kappa shape index (κ1) is 11.5. The van der Waals surface area contributed by atoms with Crippen molar-refractivity contribution in [3.05, 3.63) is 16.3 Å². The Morgan fingerprint density at radius 2 is 1.93 bits per heavy atom. The summed E-state index contributed by atoms with van der Waals surface area (Å²) < 4.78 is 38.0. The number of aromatic nitrogens is 3. The Labute approximate surface area is 82.8 Å². The zero-order valence-corrected chi connectivity index (χ0v) is 8.33. The highest BCUT2D eigenvalue weighted by Crippen LogP contribution is 2.26. The number of rotatable bonds is 1. The predicted molar refractivity (Wildman–Crippen MR) is 46.7 cm³/mol. The fourth-order valence-corrected chi connectivity index (χ4v) is 0.922. The molecule has 0 aromatic carbocycles. The van der Waals surface area contributed by atoms with E-state index in [4.69, 9.17) is 0 Å². The summed E-state index contributed by atoms with van der Waals surface area (Å²) in [6.45, 7) is 2.97. The van der Waals surface area contributed by atoms with Crippen molar-refractivity contribution in [2.75, 3.05) is 0 Å². The monoisotopic (exact) mass is 222 g/mol. The summed E-state index contributed by atoms with van der Waals surface area (Å²) in [7, 11) is 1.13. The molecule has 0 aliphatic heterocycles. The molecule has 0 radical (unpaired) electrons. The molecule has 0 spiro atoms. The SMILES string of the molecule is CC(C)=Nn1c(C(F)(F)F)nn(C)c1=O. The highest BCUT2D eigenvalue weighted by molar-refractivity contribution is 5.78. The molecule has 0 fully saturated rings. The van der Waals surface area contributed by atoms with Crippen LogP contribution in [-0.2, 0) is 13.2 Å². The molecule has 0 N–H and O–H groups in total. The summed E-state index contributed by atoms with van der Waals surface area (Å²) >= 11 is 0. The molecule has 1 rings (SSSR count). The first-order valence-electron chi connectivity index (χ1n) is 3.99. The van der Waals surface area contributed by atoms with Gasteiger partial charge in [0.05, 0.1) is 0 Å². The molecular weight excluding hydrogens is 213 g/mol. The maximum absolute atomic E-state index is 12.4. The smallest absolute Gasteiger partial charge is 0.244 e. The molecule has 5 nitrogen and oxygen atoms in total. The second-order valence-corrected chi connectivity index (χ2v) is 3.09. The van der Waals surface area contributed by atoms with E-state index in [9.17, 15) is 18.0 Å². The van der Waals surface area contributed by atoms with Crippen LogP contribution in [0, 0.1) is 0 Å². The van der Waals surface area contributed by atoms with Gasteiger partial charge in [-0.05, 0) is 13.8 Å². The van der Waals surface area contributed by atoms with Crippen molar-refractivity contribution >= 4 is 5.71 Å². The molecule has 1 heterocycles. The fourth-order valence-electron chi connectivity index (χ4n) is 0.922. The van der Waals surface area contributed by atoms with E-state index in [1.807, 2.05) is 0 Å². The first-order valence-corrected chi connectivity index (χ1v) is 3.99. The van der Waals surface area contributed by atoms with Crippen LogP contribution in [0.25, 0.3) is 0 Å². The van der Waals surface area contributed by atoms with Crippen LogP contribution in [0.2, 0.25) is 0 Å². The molecule has 84 valence electrons. The summed E-state index contributed by atoms with van der Waals surface area (Å²) in [5, 5.41) is 6.53. The lowest BCUT2D eigenvalue weighted by Crippen LogP contribution is -2.23. The number of alkyl halides is 3. The third kappa shape index (κ3) is 2.25. The minimum atomic E-state index is -4.70. The zero-order valence-electron chi connectivity index (χ0n) is 8.33. The standard InChI is InChI=1S/C7H9F3N4O/c1-4(2)11-14-5(7(8,9)10)12-13(3)6(14)15/h1-3H3. The Balaban J connectivity index is 3.48. The van der Waals surface area contributed by atoms with Crippen LogP contribution in [0.3, 0.4) is 0 Å². The van der Waals surface area contributed by atoms with Gasteiger partial charge in [-0.2, -0.15) is 22.9 Å². The van der Waals surface area contributed by atoms with E-state index in [1.54, 1.807) is 0 Å². The summed E-state index contributed by atoms with van der Waals surface area (Å²) in [6, 6.07) is 0. The normalized spacial score (nSPS) is 11.6. The molecule has 0 unspecified atom stereocenters. The van der Waals surface area contributed by atoms with Crippen LogP contribution >= 0.6 is 0 Å². The van der Waals surface area contributed by atoms with Crippen LogP contribution in [0.5, 0.6) is 0 Å². The van der Waals surface area contributed by atoms with Crippen molar-refractivity contribution in [1.29, 1.82) is 0 Å². The van der Waals surface area contributed by atoms with Gasteiger partial charge in [0, 0.05) is 12.8 Å². The lowest BCUT2D eigenvalue weighted by atomic mass is 10.5. The Kier molecular flexibility index (Phi) is 2.69. The average molecular weight is 222 g/mol. The van der Waals surface area contributed by atoms with Gasteiger partial charge in [0.25, 0.3) is 5.82 Å². The van der Waals surface area contributed by atoms with Crippen LogP contribution < -0.4 is 5.69 Å². The third-order valence-electron chi connectivity index (χ3n) is 1.46. The van der Waals surface area contributed by atoms with Gasteiger partial charge < -0.3 is 0 Å². The van der Waals surface area contributed by atoms with Crippen molar-refractivity contribution in [2.24, 2.45) is 12.1 Å². The van der Waals surface area contributed by atoms with Gasteiger partial charge in [-0.25, -0.2) is 9.48 Å². The number of hydrogen-bond donors (Lipinski definition) is 0. The van der Waals surface area contributed by atoms with E-state index in [1.165, 1.54) is 13.8 Å². The molecule has 0 aliphatic carbocycles. The van der Waals surface area contributed by atoms with E-state index in [0.717, 1.165) is 7.05 Å². The highest BCUT2D eigenvalue weighted by Gasteiger charge is 2.39. The van der Waals surface area contributed by atoms with Crippen molar-refractivity contribution in [3.8, 4) is 0 Å². The minimum Gasteiger partial charge on any atom is -0.244 e. The molecule has 0 bridgehead atoms. The number of aryl methyl sites for hydroxylation is 1. The second kappa shape index (κ2) is 3.52. The topological polar surface area (TPSA) is 52.2 Å². The maximum Gasteiger partial charge on any atom is 0.453 e. The Hall–Kier alpha value is -1.60. The molecule has 0 aliphatic rings. The first-order chi connectivity index (χ1) is 6.73. The largest absolute Gasteiger partial charge is 0.453 e. The molecule has 0 saturated carbocycles. The quantitative estimate of drug-likeness (QED) is 0.661. The van der Waals surface area contributed by atoms with Crippen molar-refractivity contribution < 1.29 is 13.2 Å². The number of halogens is 3. The van der Waals surface area contributed by atoms with Crippen LogP contribution in [0.1, 0.15) is 19.7 Å². The Morgan fingerprint density at radius 3 is 2.33 bits per heavy atom. The molecule has 8 heteroatoms. The molecular formula is C7H9F3N4O. The van der Waals surface area contributed by atoms with Gasteiger partial charge >= 0.3 is 11.9 Å². The summed E-state index contributed by atoms with van der Waals surface area (Å²) in [5.74, 6) is -1.32. The van der Waals surface area contributed by atoms with Crippen LogP contribution in [-0.4, -0.2) is 20.2 Å². The van der Waals surface area contributed by atoms with Crippen LogP contribution in [0.15, 0.2) is 9.90 Å². The fraction of sp³-hybridized carbons (Fsp3) is 0.571. The van der Waals surface area contributed by atoms with E-state index in [0.29, 0.717) is 10.4 Å². The minimum absolute atomic E-state index is 0.245. The molecule has 1 aromatic rings. The number of hydrogen-bond acceptors (Lipinski definition) is 3. The summed E-state index contributed by atoms with van der Waals surface area (Å²) in [4.78, 5) is 11.2. The van der Waals surface area contributed by atoms with E-state index >= 15 is 0 Å². The highest BCUT2D eigenvalue weighted by atomic mass is 19.4. The average Bonchev–Trinajstić information content (AvgIpc) is 2.30. The van der Waals surface area contributed by atoms with Crippen molar-refractivity contribution in [1.82, 2.24) is 14.5 Å². The summed E-state index contributed by atoms with van der Waals surface area (Å²) in [6.07, 6.45) is -4.70. The van der Waals surface area contributed by atoms with Gasteiger partial charge in [0.15, 0.2) is 0 Å². The number of nitrogens with zero attached hydrogens (tertiary/aromatic N) is 4. The van der Waals surface area contributed by atoms with Crippen molar-refractivity contribution in [3.63, 3.8) is 0 Å². The van der Waals surface area contributed by atoms with E-state index in [2.05, 4.69) is 10.2 Å². The Morgan fingerprint density at radius 1 is 1.40 bits per heavy atom. The maximum atomic E-state index is 12.4. The lowest BCUT2D eigenvalue weighted by Gasteiger charge is -2.03. The summed E-state index contributed by atoms with van der Waals surface area (Å²) in [5.41, 5.74) is -0.598. The van der Waals surface area contributed by atoms with Gasteiger partial charge in [0.2, 0.25) is 0 Å². The lowest BCUT2D eigenvalue weighted by molar-refractivity contribution is -0.147. The van der Waals surface area contributed by atoms with Gasteiger partial charge in [-0.3, -0.25) is 0 Å². The van der Waals surface area contributed by atoms with E-state index in [-0.39, 0.29) is 4.68 Å². The molecule has 0 saturated heterocycles. The van der Waals surface area contributed by atoms with Gasteiger partial charge in [0.1, 0.15) is 0 Å². The van der Waals surface area contributed by atoms with E-state index < -0.39 is 17.7 Å². The molecule has 15 heavy (non-hydrogen) atoms. The molecule has 1 aromatic heterocycles. The van der Waals surface area contributed by atoms with Crippen molar-refractivity contribution in [2.45, 2.75) is 20.0 Å². The Bertz CT molecular complexity index is 450. The third-order valence-corrected chi connectivity index (χ3v) is 1.46. The van der Waals surface area contributed by atoms with Gasteiger partial charge in [-0.15, -0.1) is 5.10 Å².